The molecule has 0 amide bonds. The van der Waals surface area contributed by atoms with Gasteiger partial charge in [0, 0.05) is 17.0 Å². The van der Waals surface area contributed by atoms with Gasteiger partial charge in [0.15, 0.2) is 0 Å². The smallest absolute Gasteiger partial charge is 0.303 e. The van der Waals surface area contributed by atoms with E-state index in [1.54, 1.807) is 0 Å². The molecule has 0 aromatic heterocycles. The molecule has 0 heterocycles. The predicted molar refractivity (Wildman–Crippen MR) is 57.0 cm³/mol. The summed E-state index contributed by atoms with van der Waals surface area (Å²) < 4.78 is 24.8. The van der Waals surface area contributed by atoms with E-state index in [9.17, 15) is 13.6 Å². The molecule has 0 saturated carbocycles. The monoisotopic (exact) mass is 248 g/mol. The highest BCUT2D eigenvalue weighted by atomic mass is 35.5. The highest BCUT2D eigenvalue weighted by Crippen LogP contribution is 2.25. The van der Waals surface area contributed by atoms with Crippen LogP contribution in [0.5, 0.6) is 0 Å². The number of carboxylic acids is 1. The van der Waals surface area contributed by atoms with E-state index < -0.39 is 12.4 Å². The van der Waals surface area contributed by atoms with E-state index in [0.29, 0.717) is 23.4 Å². The Morgan fingerprint density at radius 1 is 1.44 bits per heavy atom. The van der Waals surface area contributed by atoms with Gasteiger partial charge in [-0.05, 0) is 30.5 Å². The van der Waals surface area contributed by atoms with E-state index in [-0.39, 0.29) is 12.0 Å². The fraction of sp³-hybridized carbons (Fsp3) is 0.364. The van der Waals surface area contributed by atoms with Crippen molar-refractivity contribution in [1.82, 2.24) is 0 Å². The Balaban J connectivity index is 2.70. The molecule has 0 bridgehead atoms. The molecule has 1 N–H and O–H groups in total. The molecule has 0 saturated heterocycles. The summed E-state index contributed by atoms with van der Waals surface area (Å²) in [4.78, 5) is 10.3. The van der Waals surface area contributed by atoms with Crippen LogP contribution < -0.4 is 0 Å². The molecule has 0 aliphatic heterocycles. The Morgan fingerprint density at radius 3 is 2.69 bits per heavy atom. The van der Waals surface area contributed by atoms with Crippen LogP contribution in [-0.4, -0.2) is 11.1 Å². The molecular formula is C11H11ClF2O2. The average Bonchev–Trinajstić information content (AvgIpc) is 2.20. The first-order chi connectivity index (χ1) is 7.50. The number of halogens is 3. The summed E-state index contributed by atoms with van der Waals surface area (Å²) in [6.45, 7) is 0. The van der Waals surface area contributed by atoms with Crippen LogP contribution in [0.2, 0.25) is 5.02 Å². The zero-order chi connectivity index (χ0) is 12.1. The second kappa shape index (κ2) is 5.80. The number of aliphatic carboxylic acids is 1. The molecule has 88 valence electrons. The average molecular weight is 249 g/mol. The molecule has 0 atom stereocenters. The number of carbonyl (C=O) groups is 1. The molecule has 0 radical (unpaired) electrons. The second-order valence-corrected chi connectivity index (χ2v) is 3.81. The lowest BCUT2D eigenvalue weighted by Crippen LogP contribution is -1.97. The van der Waals surface area contributed by atoms with Gasteiger partial charge >= 0.3 is 5.97 Å². The quantitative estimate of drug-likeness (QED) is 0.863. The minimum absolute atomic E-state index is 0.00916. The first kappa shape index (κ1) is 12.9. The minimum Gasteiger partial charge on any atom is -0.481 e. The maximum Gasteiger partial charge on any atom is 0.303 e. The lowest BCUT2D eigenvalue weighted by atomic mass is 10.1. The van der Waals surface area contributed by atoms with Crippen molar-refractivity contribution < 1.29 is 18.7 Å². The molecule has 1 rings (SSSR count). The number of hydrogen-bond donors (Lipinski definition) is 1. The third kappa shape index (κ3) is 3.77. The van der Waals surface area contributed by atoms with Crippen LogP contribution in [-0.2, 0) is 11.2 Å². The van der Waals surface area contributed by atoms with Crippen LogP contribution in [0.1, 0.15) is 30.4 Å². The van der Waals surface area contributed by atoms with Crippen LogP contribution >= 0.6 is 11.6 Å². The number of rotatable bonds is 5. The lowest BCUT2D eigenvalue weighted by molar-refractivity contribution is -0.137. The Kier molecular flexibility index (Phi) is 4.68. The van der Waals surface area contributed by atoms with Crippen molar-refractivity contribution in [3.8, 4) is 0 Å². The predicted octanol–water partition coefficient (Wildman–Crippen LogP) is 3.68. The van der Waals surface area contributed by atoms with Crippen LogP contribution in [0, 0.1) is 0 Å². The van der Waals surface area contributed by atoms with Crippen molar-refractivity contribution in [2.24, 2.45) is 0 Å². The first-order valence-corrected chi connectivity index (χ1v) is 5.16. The van der Waals surface area contributed by atoms with Crippen molar-refractivity contribution in [3.05, 3.63) is 34.3 Å². The van der Waals surface area contributed by atoms with Gasteiger partial charge in [0.05, 0.1) is 0 Å². The summed E-state index contributed by atoms with van der Waals surface area (Å²) >= 11 is 5.82. The Hall–Kier alpha value is -1.16. The zero-order valence-electron chi connectivity index (χ0n) is 8.42. The van der Waals surface area contributed by atoms with Crippen LogP contribution in [0.3, 0.4) is 0 Å². The number of carboxylic acid groups (broad SMARTS) is 1. The summed E-state index contributed by atoms with van der Waals surface area (Å²) in [7, 11) is 0. The molecule has 1 aromatic carbocycles. The molecule has 1 aromatic rings. The van der Waals surface area contributed by atoms with Crippen molar-refractivity contribution in [1.29, 1.82) is 0 Å². The molecule has 5 heteroatoms. The van der Waals surface area contributed by atoms with Crippen LogP contribution in [0.15, 0.2) is 18.2 Å². The maximum atomic E-state index is 12.4. The topological polar surface area (TPSA) is 37.3 Å². The number of benzene rings is 1. The SMILES string of the molecule is O=C(O)CCCc1cc(C(F)F)ccc1Cl. The minimum atomic E-state index is -2.53. The number of aryl methyl sites for hydroxylation is 1. The van der Waals surface area contributed by atoms with Gasteiger partial charge in [-0.25, -0.2) is 8.78 Å². The summed E-state index contributed by atoms with van der Waals surface area (Å²) in [5.41, 5.74) is 0.482. The largest absolute Gasteiger partial charge is 0.481 e. The van der Waals surface area contributed by atoms with Gasteiger partial charge in [-0.3, -0.25) is 4.79 Å². The van der Waals surface area contributed by atoms with Crippen molar-refractivity contribution in [2.45, 2.75) is 25.7 Å². The molecule has 0 unspecified atom stereocenters. The van der Waals surface area contributed by atoms with Gasteiger partial charge in [-0.2, -0.15) is 0 Å². The van der Waals surface area contributed by atoms with Gasteiger partial charge < -0.3 is 5.11 Å². The highest BCUT2D eigenvalue weighted by molar-refractivity contribution is 6.31. The third-order valence-electron chi connectivity index (χ3n) is 2.16. The molecule has 2 nitrogen and oxygen atoms in total. The highest BCUT2D eigenvalue weighted by Gasteiger charge is 2.10. The van der Waals surface area contributed by atoms with Gasteiger partial charge in [-0.15, -0.1) is 0 Å². The van der Waals surface area contributed by atoms with E-state index >= 15 is 0 Å². The molecule has 16 heavy (non-hydrogen) atoms. The number of hydrogen-bond acceptors (Lipinski definition) is 1. The maximum absolute atomic E-state index is 12.4. The molecule has 0 aliphatic carbocycles. The standard InChI is InChI=1S/C11H11ClF2O2/c12-9-5-4-8(11(13)14)6-7(9)2-1-3-10(15)16/h4-6,11H,1-3H2,(H,15,16). The summed E-state index contributed by atoms with van der Waals surface area (Å²) in [6, 6.07) is 4.02. The van der Waals surface area contributed by atoms with Gasteiger partial charge in [0.2, 0.25) is 0 Å². The van der Waals surface area contributed by atoms with E-state index in [2.05, 4.69) is 0 Å². The third-order valence-corrected chi connectivity index (χ3v) is 2.53. The van der Waals surface area contributed by atoms with Gasteiger partial charge in [-0.1, -0.05) is 17.7 Å². The van der Waals surface area contributed by atoms with Crippen molar-refractivity contribution in [2.75, 3.05) is 0 Å². The number of alkyl halides is 2. The normalized spacial score (nSPS) is 10.8. The second-order valence-electron chi connectivity index (χ2n) is 3.40. The zero-order valence-corrected chi connectivity index (χ0v) is 9.18. The van der Waals surface area contributed by atoms with E-state index in [0.717, 1.165) is 0 Å². The van der Waals surface area contributed by atoms with Crippen LogP contribution in [0.4, 0.5) is 8.78 Å². The summed E-state index contributed by atoms with van der Waals surface area (Å²) in [5, 5.41) is 8.85. The summed E-state index contributed by atoms with van der Waals surface area (Å²) in [5.74, 6) is -0.902. The molecule has 0 spiro atoms. The lowest BCUT2D eigenvalue weighted by Gasteiger charge is -2.06. The van der Waals surface area contributed by atoms with Crippen LogP contribution in [0.25, 0.3) is 0 Å². The van der Waals surface area contributed by atoms with Crippen molar-refractivity contribution >= 4 is 17.6 Å². The first-order valence-electron chi connectivity index (χ1n) is 4.79. The van der Waals surface area contributed by atoms with E-state index in [4.69, 9.17) is 16.7 Å². The van der Waals surface area contributed by atoms with Crippen molar-refractivity contribution in [3.63, 3.8) is 0 Å². The molecule has 0 aliphatic rings. The molecule has 0 fully saturated rings. The van der Waals surface area contributed by atoms with Gasteiger partial charge in [0.1, 0.15) is 0 Å². The molecular weight excluding hydrogens is 238 g/mol. The Morgan fingerprint density at radius 2 is 2.12 bits per heavy atom. The fourth-order valence-electron chi connectivity index (χ4n) is 1.35. The summed E-state index contributed by atoms with van der Waals surface area (Å²) in [6.07, 6.45) is -1.74. The Bertz CT molecular complexity index is 380. The van der Waals surface area contributed by atoms with Gasteiger partial charge in [0.25, 0.3) is 6.43 Å². The fourth-order valence-corrected chi connectivity index (χ4v) is 1.56. The van der Waals surface area contributed by atoms with E-state index in [1.807, 2.05) is 0 Å². The Labute approximate surface area is 96.8 Å². The van der Waals surface area contributed by atoms with E-state index in [1.165, 1.54) is 18.2 Å².